The van der Waals surface area contributed by atoms with Crippen molar-refractivity contribution < 1.29 is 23.4 Å². The van der Waals surface area contributed by atoms with Gasteiger partial charge in [0.25, 0.3) is 0 Å². The third-order valence-corrected chi connectivity index (χ3v) is 3.15. The number of aliphatic carboxylic acids is 1. The molecule has 1 aromatic carbocycles. The summed E-state index contributed by atoms with van der Waals surface area (Å²) in [5.74, 6) is -0.987. The first-order chi connectivity index (χ1) is 9.04. The summed E-state index contributed by atoms with van der Waals surface area (Å²) >= 11 is 0. The number of alkyl halides is 2. The molecule has 1 fully saturated rings. The van der Waals surface area contributed by atoms with E-state index in [0.717, 1.165) is 5.56 Å². The average Bonchev–Trinajstić information content (AvgIpc) is 2.77. The lowest BCUT2D eigenvalue weighted by Gasteiger charge is -2.15. The van der Waals surface area contributed by atoms with Crippen molar-refractivity contribution in [3.8, 4) is 5.75 Å². The zero-order chi connectivity index (χ0) is 13.8. The smallest absolute Gasteiger partial charge is 0.387 e. The number of hydrogen-bond acceptors (Lipinski definition) is 3. The van der Waals surface area contributed by atoms with Gasteiger partial charge in [0.1, 0.15) is 5.75 Å². The summed E-state index contributed by atoms with van der Waals surface area (Å²) < 4.78 is 28.5. The number of carbonyl (C=O) groups is 1. The highest BCUT2D eigenvalue weighted by atomic mass is 35.5. The van der Waals surface area contributed by atoms with E-state index in [0.29, 0.717) is 26.1 Å². The molecule has 0 spiro atoms. The fraction of sp³-hybridized carbons (Fsp3) is 0.462. The van der Waals surface area contributed by atoms with Gasteiger partial charge in [0.15, 0.2) is 0 Å². The lowest BCUT2D eigenvalue weighted by molar-refractivity contribution is -0.141. The van der Waals surface area contributed by atoms with Crippen molar-refractivity contribution in [1.29, 1.82) is 0 Å². The van der Waals surface area contributed by atoms with Gasteiger partial charge in [-0.05, 0) is 30.7 Å². The Labute approximate surface area is 121 Å². The van der Waals surface area contributed by atoms with Crippen molar-refractivity contribution in [2.75, 3.05) is 13.1 Å². The Morgan fingerprint density at radius 1 is 1.50 bits per heavy atom. The number of halogens is 3. The largest absolute Gasteiger partial charge is 0.481 e. The van der Waals surface area contributed by atoms with Crippen LogP contribution in [0.25, 0.3) is 0 Å². The van der Waals surface area contributed by atoms with Gasteiger partial charge in [-0.2, -0.15) is 8.78 Å². The minimum absolute atomic E-state index is 0. The summed E-state index contributed by atoms with van der Waals surface area (Å²) in [7, 11) is 0. The van der Waals surface area contributed by atoms with Crippen LogP contribution in [0.4, 0.5) is 8.78 Å². The average molecular weight is 308 g/mol. The first-order valence-corrected chi connectivity index (χ1v) is 6.03. The van der Waals surface area contributed by atoms with E-state index in [4.69, 9.17) is 5.11 Å². The third kappa shape index (κ3) is 4.61. The second kappa shape index (κ2) is 7.40. The summed E-state index contributed by atoms with van der Waals surface area (Å²) in [4.78, 5) is 12.8. The Kier molecular flexibility index (Phi) is 6.16. The Morgan fingerprint density at radius 2 is 2.25 bits per heavy atom. The summed E-state index contributed by atoms with van der Waals surface area (Å²) in [6.45, 7) is -1.09. The quantitative estimate of drug-likeness (QED) is 0.908. The van der Waals surface area contributed by atoms with Gasteiger partial charge in [0.2, 0.25) is 0 Å². The molecule has 2 rings (SSSR count). The highest BCUT2D eigenvalue weighted by molar-refractivity contribution is 5.85. The van der Waals surface area contributed by atoms with E-state index in [-0.39, 0.29) is 24.1 Å². The first kappa shape index (κ1) is 16.7. The van der Waals surface area contributed by atoms with Gasteiger partial charge >= 0.3 is 12.6 Å². The van der Waals surface area contributed by atoms with Gasteiger partial charge in [-0.1, -0.05) is 12.1 Å². The maximum atomic E-state index is 12.1. The molecule has 0 aliphatic carbocycles. The highest BCUT2D eigenvalue weighted by Crippen LogP contribution is 2.21. The van der Waals surface area contributed by atoms with Gasteiger partial charge in [0, 0.05) is 13.1 Å². The lowest BCUT2D eigenvalue weighted by Crippen LogP contribution is -2.22. The second-order valence-corrected chi connectivity index (χ2v) is 4.58. The summed E-state index contributed by atoms with van der Waals surface area (Å²) in [5.41, 5.74) is 0.837. The number of hydrogen-bond donors (Lipinski definition) is 1. The van der Waals surface area contributed by atoms with Crippen molar-refractivity contribution in [2.45, 2.75) is 19.6 Å². The molecule has 4 nitrogen and oxygen atoms in total. The maximum absolute atomic E-state index is 12.1. The lowest BCUT2D eigenvalue weighted by atomic mass is 10.1. The predicted molar refractivity (Wildman–Crippen MR) is 71.3 cm³/mol. The van der Waals surface area contributed by atoms with E-state index in [9.17, 15) is 13.6 Å². The van der Waals surface area contributed by atoms with Crippen LogP contribution in [0.1, 0.15) is 12.0 Å². The number of nitrogens with zero attached hydrogens (tertiary/aromatic N) is 1. The fourth-order valence-corrected chi connectivity index (χ4v) is 2.26. The van der Waals surface area contributed by atoms with Crippen LogP contribution in [0.2, 0.25) is 0 Å². The van der Waals surface area contributed by atoms with Crippen molar-refractivity contribution in [1.82, 2.24) is 4.90 Å². The normalized spacial score (nSPS) is 18.9. The molecular weight excluding hydrogens is 292 g/mol. The second-order valence-electron chi connectivity index (χ2n) is 4.58. The molecule has 112 valence electrons. The highest BCUT2D eigenvalue weighted by Gasteiger charge is 2.27. The standard InChI is InChI=1S/C13H15F2NO3.ClH/c14-13(15)19-11-3-1-2-9(6-11)7-16-5-4-10(8-16)12(17)18;/h1-3,6,10,13H,4-5,7-8H2,(H,17,18);1H. The number of carboxylic acid groups (broad SMARTS) is 1. The van der Waals surface area contributed by atoms with E-state index >= 15 is 0 Å². The number of carboxylic acids is 1. The molecule has 1 atom stereocenters. The molecule has 1 aliphatic rings. The first-order valence-electron chi connectivity index (χ1n) is 6.03. The molecule has 1 aliphatic heterocycles. The molecule has 20 heavy (non-hydrogen) atoms. The Balaban J connectivity index is 0.00000200. The topological polar surface area (TPSA) is 49.8 Å². The minimum Gasteiger partial charge on any atom is -0.481 e. The molecular formula is C13H16ClF2NO3. The molecule has 1 N–H and O–H groups in total. The summed E-state index contributed by atoms with van der Waals surface area (Å²) in [6, 6.07) is 6.49. The van der Waals surface area contributed by atoms with Gasteiger partial charge in [-0.15, -0.1) is 12.4 Å². The van der Waals surface area contributed by atoms with Crippen LogP contribution >= 0.6 is 12.4 Å². The van der Waals surface area contributed by atoms with Gasteiger partial charge < -0.3 is 9.84 Å². The molecule has 1 saturated heterocycles. The van der Waals surface area contributed by atoms with Crippen LogP contribution in [-0.2, 0) is 11.3 Å². The Bertz CT molecular complexity index is 459. The third-order valence-electron chi connectivity index (χ3n) is 3.15. The zero-order valence-electron chi connectivity index (χ0n) is 10.7. The number of likely N-dealkylation sites (tertiary alicyclic amines) is 1. The van der Waals surface area contributed by atoms with E-state index in [1.54, 1.807) is 12.1 Å². The zero-order valence-corrected chi connectivity index (χ0v) is 11.5. The molecule has 0 aromatic heterocycles. The number of benzene rings is 1. The number of rotatable bonds is 5. The van der Waals surface area contributed by atoms with Crippen LogP contribution < -0.4 is 4.74 Å². The molecule has 0 amide bonds. The van der Waals surface area contributed by atoms with E-state index in [2.05, 4.69) is 4.74 Å². The summed E-state index contributed by atoms with van der Waals surface area (Å²) in [6.07, 6.45) is 0.628. The SMILES string of the molecule is Cl.O=C(O)C1CCN(Cc2cccc(OC(F)F)c2)C1. The van der Waals surface area contributed by atoms with Crippen LogP contribution in [-0.4, -0.2) is 35.7 Å². The fourth-order valence-electron chi connectivity index (χ4n) is 2.26. The van der Waals surface area contributed by atoms with Crippen molar-refractivity contribution in [3.05, 3.63) is 29.8 Å². The monoisotopic (exact) mass is 307 g/mol. The van der Waals surface area contributed by atoms with Gasteiger partial charge in [0.05, 0.1) is 5.92 Å². The van der Waals surface area contributed by atoms with Crippen LogP contribution in [0, 0.1) is 5.92 Å². The molecule has 1 heterocycles. The Hall–Kier alpha value is -1.40. The molecule has 1 aromatic rings. The van der Waals surface area contributed by atoms with Crippen LogP contribution in [0.5, 0.6) is 5.75 Å². The van der Waals surface area contributed by atoms with Gasteiger partial charge in [-0.3, -0.25) is 9.69 Å². The van der Waals surface area contributed by atoms with Crippen LogP contribution in [0.3, 0.4) is 0 Å². The Morgan fingerprint density at radius 3 is 2.85 bits per heavy atom. The maximum Gasteiger partial charge on any atom is 0.387 e. The van der Waals surface area contributed by atoms with Crippen molar-refractivity contribution in [3.63, 3.8) is 0 Å². The van der Waals surface area contributed by atoms with Crippen molar-refractivity contribution >= 4 is 18.4 Å². The molecule has 0 saturated carbocycles. The van der Waals surface area contributed by atoms with E-state index < -0.39 is 12.6 Å². The van der Waals surface area contributed by atoms with Gasteiger partial charge in [-0.25, -0.2) is 0 Å². The molecule has 0 radical (unpaired) electrons. The molecule has 7 heteroatoms. The number of ether oxygens (including phenoxy) is 1. The van der Waals surface area contributed by atoms with Crippen LogP contribution in [0.15, 0.2) is 24.3 Å². The van der Waals surface area contributed by atoms with Crippen molar-refractivity contribution in [2.24, 2.45) is 5.92 Å². The summed E-state index contributed by atoms with van der Waals surface area (Å²) in [5, 5.41) is 8.91. The molecule has 1 unspecified atom stereocenters. The molecule has 0 bridgehead atoms. The minimum atomic E-state index is -2.83. The van der Waals surface area contributed by atoms with E-state index in [1.807, 2.05) is 11.0 Å². The van der Waals surface area contributed by atoms with E-state index in [1.165, 1.54) is 6.07 Å². The predicted octanol–water partition coefficient (Wildman–Crippen LogP) is 2.62.